The quantitative estimate of drug-likeness (QED) is 0.161. The van der Waals surface area contributed by atoms with Crippen LogP contribution in [-0.4, -0.2) is 43.2 Å². The number of fused-ring (bicyclic) bond motifs is 1. The number of hydrogen-bond donors (Lipinski definition) is 1. The summed E-state index contributed by atoms with van der Waals surface area (Å²) >= 11 is 8.07. The fraction of sp³-hybridized carbons (Fsp3) is 0.593. The van der Waals surface area contributed by atoms with Crippen molar-refractivity contribution in [1.29, 1.82) is 0 Å². The number of unbranched alkanes of at least 4 members (excludes halogenated alkanes) is 8. The maximum absolute atomic E-state index is 12.3. The van der Waals surface area contributed by atoms with E-state index in [-0.39, 0.29) is 11.7 Å². The topological polar surface area (TPSA) is 83.9 Å². The SMILES string of the molecule is CCCCCCCCCCCS(=O)(=O)O.COC(=O)[C@@H](c1ccccc1Cl)N1CCc2sccc2C1. The van der Waals surface area contributed by atoms with Gasteiger partial charge in [-0.3, -0.25) is 9.45 Å². The van der Waals surface area contributed by atoms with Gasteiger partial charge in [-0.05, 0) is 41.5 Å². The van der Waals surface area contributed by atoms with Crippen molar-refractivity contribution in [2.75, 3.05) is 19.4 Å². The highest BCUT2D eigenvalue weighted by atomic mass is 35.5. The number of nitrogens with zero attached hydrogens (tertiary/aromatic N) is 1. The van der Waals surface area contributed by atoms with Crippen LogP contribution < -0.4 is 0 Å². The number of carbonyl (C=O) groups excluding carboxylic acids is 1. The van der Waals surface area contributed by atoms with Gasteiger partial charge in [0.15, 0.2) is 0 Å². The molecule has 1 aromatic heterocycles. The van der Waals surface area contributed by atoms with E-state index in [0.717, 1.165) is 37.9 Å². The number of carbonyl (C=O) groups is 1. The third kappa shape index (κ3) is 10.9. The summed E-state index contributed by atoms with van der Waals surface area (Å²) in [5, 5.41) is 2.71. The number of halogens is 1. The van der Waals surface area contributed by atoms with E-state index in [2.05, 4.69) is 23.3 Å². The normalized spacial score (nSPS) is 14.4. The monoisotopic (exact) mass is 557 g/mol. The molecule has 36 heavy (non-hydrogen) atoms. The fourth-order valence-corrected chi connectivity index (χ4v) is 6.06. The Morgan fingerprint density at radius 1 is 1.08 bits per heavy atom. The van der Waals surface area contributed by atoms with Crippen LogP contribution in [0.3, 0.4) is 0 Å². The average Bonchev–Trinajstić information content (AvgIpc) is 3.32. The lowest BCUT2D eigenvalue weighted by atomic mass is 10.0. The zero-order valence-corrected chi connectivity index (χ0v) is 23.8. The molecule has 0 aliphatic carbocycles. The first kappa shape index (κ1) is 30.8. The standard InChI is InChI=1S/C16H16ClNO2S.C11H24O3S/c1-20-16(19)15(12-4-2-3-5-13(12)17)18-8-6-14-11(10-18)7-9-21-14;1-2-3-4-5-6-7-8-9-10-11-15(12,13)14/h2-5,7,9,15H,6,8,10H2,1H3;2-11H2,1H3,(H,12,13,14)/t15-;/m1./s1. The molecule has 1 aliphatic rings. The third-order valence-electron chi connectivity index (χ3n) is 6.33. The van der Waals surface area contributed by atoms with Crippen molar-refractivity contribution in [2.24, 2.45) is 0 Å². The van der Waals surface area contributed by atoms with Crippen LogP contribution in [0.5, 0.6) is 0 Å². The minimum atomic E-state index is -3.73. The molecule has 1 atom stereocenters. The third-order valence-corrected chi connectivity index (χ3v) is 8.50. The minimum Gasteiger partial charge on any atom is -0.468 e. The predicted molar refractivity (Wildman–Crippen MR) is 148 cm³/mol. The Labute approximate surface area is 225 Å². The lowest BCUT2D eigenvalue weighted by Gasteiger charge is -2.33. The van der Waals surface area contributed by atoms with E-state index in [1.807, 2.05) is 24.3 Å². The highest BCUT2D eigenvalue weighted by Gasteiger charge is 2.32. The number of hydrogen-bond acceptors (Lipinski definition) is 6. The van der Waals surface area contributed by atoms with Crippen LogP contribution in [0, 0.1) is 0 Å². The lowest BCUT2D eigenvalue weighted by Crippen LogP contribution is -2.38. The van der Waals surface area contributed by atoms with Gasteiger partial charge in [0, 0.05) is 23.0 Å². The van der Waals surface area contributed by atoms with E-state index in [4.69, 9.17) is 20.9 Å². The highest BCUT2D eigenvalue weighted by Crippen LogP contribution is 2.33. The summed E-state index contributed by atoms with van der Waals surface area (Å²) in [4.78, 5) is 15.8. The van der Waals surface area contributed by atoms with Gasteiger partial charge in [-0.1, -0.05) is 88.1 Å². The molecular weight excluding hydrogens is 518 g/mol. The Balaban J connectivity index is 0.000000271. The molecule has 0 amide bonds. The van der Waals surface area contributed by atoms with Gasteiger partial charge >= 0.3 is 5.97 Å². The van der Waals surface area contributed by atoms with Crippen LogP contribution in [0.1, 0.15) is 86.8 Å². The number of ether oxygens (including phenoxy) is 1. The Morgan fingerprint density at radius 3 is 2.33 bits per heavy atom. The van der Waals surface area contributed by atoms with Crippen LogP contribution >= 0.6 is 22.9 Å². The molecule has 1 N–H and O–H groups in total. The summed E-state index contributed by atoms with van der Waals surface area (Å²) in [6, 6.07) is 9.16. The zero-order valence-electron chi connectivity index (χ0n) is 21.5. The summed E-state index contributed by atoms with van der Waals surface area (Å²) in [6.07, 6.45) is 11.2. The molecular formula is C27H40ClNO5S2. The minimum absolute atomic E-state index is 0.0805. The second kappa shape index (κ2) is 16.4. The second-order valence-corrected chi connectivity index (χ2v) is 12.1. The van der Waals surface area contributed by atoms with E-state index in [1.54, 1.807) is 11.3 Å². The van der Waals surface area contributed by atoms with Crippen molar-refractivity contribution in [2.45, 2.75) is 83.7 Å². The number of thiophene rings is 1. The van der Waals surface area contributed by atoms with Gasteiger partial charge in [-0.25, -0.2) is 4.79 Å². The summed E-state index contributed by atoms with van der Waals surface area (Å²) < 4.78 is 34.3. The smallest absolute Gasteiger partial charge is 0.327 e. The Bertz CT molecular complexity index is 1020. The maximum atomic E-state index is 12.3. The largest absolute Gasteiger partial charge is 0.468 e. The first-order chi connectivity index (χ1) is 17.3. The summed E-state index contributed by atoms with van der Waals surface area (Å²) in [6.45, 7) is 3.79. The number of benzene rings is 1. The van der Waals surface area contributed by atoms with Crippen LogP contribution in [0.2, 0.25) is 5.02 Å². The van der Waals surface area contributed by atoms with Crippen molar-refractivity contribution < 1.29 is 22.5 Å². The van der Waals surface area contributed by atoms with Crippen LogP contribution in [-0.2, 0) is 32.6 Å². The molecule has 0 spiro atoms. The van der Waals surface area contributed by atoms with E-state index < -0.39 is 16.2 Å². The van der Waals surface area contributed by atoms with Crippen molar-refractivity contribution >= 4 is 39.0 Å². The second-order valence-electron chi connectivity index (χ2n) is 9.15. The molecule has 0 radical (unpaired) electrons. The molecule has 0 saturated carbocycles. The van der Waals surface area contributed by atoms with E-state index in [9.17, 15) is 13.2 Å². The van der Waals surface area contributed by atoms with Gasteiger partial charge in [-0.2, -0.15) is 8.42 Å². The molecule has 1 aromatic carbocycles. The molecule has 0 fully saturated rings. The van der Waals surface area contributed by atoms with Crippen molar-refractivity contribution in [3.8, 4) is 0 Å². The molecule has 0 unspecified atom stereocenters. The Hall–Kier alpha value is -1.45. The molecule has 3 rings (SSSR count). The lowest BCUT2D eigenvalue weighted by molar-refractivity contribution is -0.147. The van der Waals surface area contributed by atoms with Crippen molar-refractivity contribution in [3.05, 3.63) is 56.7 Å². The van der Waals surface area contributed by atoms with Gasteiger partial charge in [0.2, 0.25) is 0 Å². The van der Waals surface area contributed by atoms with E-state index in [1.165, 1.54) is 56.1 Å². The molecule has 202 valence electrons. The van der Waals surface area contributed by atoms with Gasteiger partial charge < -0.3 is 4.74 Å². The zero-order chi connectivity index (χ0) is 26.4. The molecule has 2 heterocycles. The number of esters is 1. The Kier molecular flexibility index (Phi) is 14.0. The van der Waals surface area contributed by atoms with Crippen LogP contribution in [0.25, 0.3) is 0 Å². The average molecular weight is 558 g/mol. The number of methoxy groups -OCH3 is 1. The summed E-state index contributed by atoms with van der Waals surface area (Å²) in [5.74, 6) is -0.343. The van der Waals surface area contributed by atoms with Crippen molar-refractivity contribution in [3.63, 3.8) is 0 Å². The maximum Gasteiger partial charge on any atom is 0.327 e. The predicted octanol–water partition coefficient (Wildman–Crippen LogP) is 7.08. The van der Waals surface area contributed by atoms with Gasteiger partial charge in [0.05, 0.1) is 12.9 Å². The van der Waals surface area contributed by atoms with Gasteiger partial charge in [-0.15, -0.1) is 11.3 Å². The molecule has 6 nitrogen and oxygen atoms in total. The fourth-order valence-electron chi connectivity index (χ4n) is 4.37. The highest BCUT2D eigenvalue weighted by molar-refractivity contribution is 7.85. The van der Waals surface area contributed by atoms with Crippen molar-refractivity contribution in [1.82, 2.24) is 4.90 Å². The van der Waals surface area contributed by atoms with E-state index >= 15 is 0 Å². The van der Waals surface area contributed by atoms with Gasteiger partial charge in [0.1, 0.15) is 6.04 Å². The first-order valence-electron chi connectivity index (χ1n) is 12.8. The molecule has 0 bridgehead atoms. The van der Waals surface area contributed by atoms with Gasteiger partial charge in [0.25, 0.3) is 10.1 Å². The number of rotatable bonds is 13. The summed E-state index contributed by atoms with van der Waals surface area (Å²) in [5.41, 5.74) is 2.11. The molecule has 0 saturated heterocycles. The van der Waals surface area contributed by atoms with E-state index in [0.29, 0.717) is 11.4 Å². The van der Waals surface area contributed by atoms with Crippen LogP contribution in [0.15, 0.2) is 35.7 Å². The first-order valence-corrected chi connectivity index (χ1v) is 15.7. The molecule has 9 heteroatoms. The molecule has 2 aromatic rings. The Morgan fingerprint density at radius 2 is 1.72 bits per heavy atom. The summed E-state index contributed by atoms with van der Waals surface area (Å²) in [7, 11) is -2.31. The van der Waals surface area contributed by atoms with Crippen LogP contribution in [0.4, 0.5) is 0 Å². The molecule has 1 aliphatic heterocycles.